The Kier molecular flexibility index (Phi) is 8.40. The van der Waals surface area contributed by atoms with Gasteiger partial charge in [-0.3, -0.25) is 4.68 Å². The normalized spacial score (nSPS) is 11.2. The van der Waals surface area contributed by atoms with Crippen molar-refractivity contribution in [1.29, 1.82) is 0 Å². The summed E-state index contributed by atoms with van der Waals surface area (Å²) < 4.78 is 1.82. The molecule has 116 valence electrons. The maximum Gasteiger partial charge on any atom is 0.124 e. The zero-order chi connectivity index (χ0) is 14.8. The lowest BCUT2D eigenvalue weighted by Gasteiger charge is -2.02. The quantitative estimate of drug-likeness (QED) is 0.600. The lowest BCUT2D eigenvalue weighted by atomic mass is 10.0. The molecule has 1 aromatic rings. The summed E-state index contributed by atoms with van der Waals surface area (Å²) in [5.74, 6) is 0.846. The molecule has 3 heteroatoms. The van der Waals surface area contributed by atoms with Crippen molar-refractivity contribution in [3.63, 3.8) is 0 Å². The first-order chi connectivity index (χ1) is 9.70. The van der Waals surface area contributed by atoms with Crippen LogP contribution in [0.25, 0.3) is 0 Å². The van der Waals surface area contributed by atoms with E-state index in [1.165, 1.54) is 69.0 Å². The molecule has 20 heavy (non-hydrogen) atoms. The molecule has 1 aromatic heterocycles. The summed E-state index contributed by atoms with van der Waals surface area (Å²) in [6.07, 6.45) is 14.4. The molecule has 1 heterocycles. The Hall–Kier alpha value is -0.990. The van der Waals surface area contributed by atoms with Crippen molar-refractivity contribution in [2.75, 3.05) is 5.73 Å². The first-order valence-corrected chi connectivity index (χ1v) is 8.50. The number of nitrogens with zero attached hydrogens (tertiary/aromatic N) is 2. The molecular formula is C17H33N3. The molecule has 0 saturated carbocycles. The maximum absolute atomic E-state index is 6.02. The first-order valence-electron chi connectivity index (χ1n) is 8.50. The minimum absolute atomic E-state index is 0.846. The van der Waals surface area contributed by atoms with Gasteiger partial charge in [0.15, 0.2) is 0 Å². The zero-order valence-corrected chi connectivity index (χ0v) is 13.7. The number of unbranched alkanes of at least 4 members (excludes halogenated alkanes) is 8. The van der Waals surface area contributed by atoms with Crippen molar-refractivity contribution >= 4 is 5.82 Å². The SMILES string of the molecule is CCCCCCCCCCCc1nn(C)c(N)c1CC. The molecule has 0 fully saturated rings. The molecule has 2 N–H and O–H groups in total. The fourth-order valence-electron chi connectivity index (χ4n) is 2.83. The van der Waals surface area contributed by atoms with Gasteiger partial charge in [0.25, 0.3) is 0 Å². The van der Waals surface area contributed by atoms with E-state index >= 15 is 0 Å². The summed E-state index contributed by atoms with van der Waals surface area (Å²) in [4.78, 5) is 0. The fourth-order valence-corrected chi connectivity index (χ4v) is 2.83. The Morgan fingerprint density at radius 2 is 1.45 bits per heavy atom. The lowest BCUT2D eigenvalue weighted by molar-refractivity contribution is 0.562. The third kappa shape index (κ3) is 5.56. The molecule has 0 bridgehead atoms. The Balaban J connectivity index is 2.11. The van der Waals surface area contributed by atoms with E-state index in [1.807, 2.05) is 11.7 Å². The minimum atomic E-state index is 0.846. The number of aryl methyl sites for hydroxylation is 2. The van der Waals surface area contributed by atoms with Gasteiger partial charge in [0.05, 0.1) is 5.69 Å². The topological polar surface area (TPSA) is 43.8 Å². The van der Waals surface area contributed by atoms with Gasteiger partial charge in [-0.1, -0.05) is 65.2 Å². The highest BCUT2D eigenvalue weighted by molar-refractivity contribution is 5.43. The lowest BCUT2D eigenvalue weighted by Crippen LogP contribution is -1.98. The van der Waals surface area contributed by atoms with Crippen molar-refractivity contribution in [3.8, 4) is 0 Å². The smallest absolute Gasteiger partial charge is 0.124 e. The Bertz CT molecular complexity index is 369. The average Bonchev–Trinajstić information content (AvgIpc) is 2.72. The highest BCUT2D eigenvalue weighted by Gasteiger charge is 2.11. The molecule has 0 atom stereocenters. The third-order valence-corrected chi connectivity index (χ3v) is 4.15. The average molecular weight is 279 g/mol. The van der Waals surface area contributed by atoms with Crippen LogP contribution >= 0.6 is 0 Å². The molecule has 0 spiro atoms. The summed E-state index contributed by atoms with van der Waals surface area (Å²) in [7, 11) is 1.94. The summed E-state index contributed by atoms with van der Waals surface area (Å²) in [5, 5.41) is 4.54. The standard InChI is InChI=1S/C17H33N3/c1-4-6-7-8-9-10-11-12-13-14-16-15(5-2)17(18)20(3)19-16/h4-14,18H2,1-3H3. The first kappa shape index (κ1) is 17.1. The van der Waals surface area contributed by atoms with Crippen molar-refractivity contribution in [2.45, 2.75) is 84.5 Å². The number of anilines is 1. The molecule has 0 unspecified atom stereocenters. The molecule has 0 aliphatic rings. The predicted octanol–water partition coefficient (Wildman–Crippen LogP) is 4.64. The summed E-state index contributed by atoms with van der Waals surface area (Å²) in [6, 6.07) is 0. The van der Waals surface area contributed by atoms with Crippen molar-refractivity contribution in [1.82, 2.24) is 9.78 Å². The van der Waals surface area contributed by atoms with Crippen LogP contribution in [0.2, 0.25) is 0 Å². The van der Waals surface area contributed by atoms with Crippen molar-refractivity contribution in [2.24, 2.45) is 7.05 Å². The summed E-state index contributed by atoms with van der Waals surface area (Å²) >= 11 is 0. The highest BCUT2D eigenvalue weighted by Crippen LogP contribution is 2.19. The van der Waals surface area contributed by atoms with Crippen LogP contribution in [0.1, 0.15) is 82.9 Å². The third-order valence-electron chi connectivity index (χ3n) is 4.15. The van der Waals surface area contributed by atoms with E-state index in [0.29, 0.717) is 0 Å². The van der Waals surface area contributed by atoms with Crippen LogP contribution in [0.15, 0.2) is 0 Å². The molecule has 1 rings (SSSR count). The van der Waals surface area contributed by atoms with E-state index in [-0.39, 0.29) is 0 Å². The van der Waals surface area contributed by atoms with Gasteiger partial charge < -0.3 is 5.73 Å². The molecule has 0 radical (unpaired) electrons. The Morgan fingerprint density at radius 1 is 0.900 bits per heavy atom. The van der Waals surface area contributed by atoms with Gasteiger partial charge >= 0.3 is 0 Å². The number of aromatic nitrogens is 2. The van der Waals surface area contributed by atoms with Crippen molar-refractivity contribution < 1.29 is 0 Å². The second-order valence-electron chi connectivity index (χ2n) is 5.87. The molecule has 0 aliphatic heterocycles. The number of nitrogen functional groups attached to an aromatic ring is 1. The molecule has 0 saturated heterocycles. The van der Waals surface area contributed by atoms with Gasteiger partial charge in [0, 0.05) is 12.6 Å². The number of nitrogens with two attached hydrogens (primary N) is 1. The molecular weight excluding hydrogens is 246 g/mol. The molecule has 0 aromatic carbocycles. The molecule has 3 nitrogen and oxygen atoms in total. The van der Waals surface area contributed by atoms with Gasteiger partial charge in [-0.15, -0.1) is 0 Å². The van der Waals surface area contributed by atoms with Crippen LogP contribution in [-0.4, -0.2) is 9.78 Å². The van der Waals surface area contributed by atoms with E-state index in [1.54, 1.807) is 0 Å². The van der Waals surface area contributed by atoms with Crippen LogP contribution in [-0.2, 0) is 19.9 Å². The maximum atomic E-state index is 6.02. The van der Waals surface area contributed by atoms with E-state index < -0.39 is 0 Å². The molecule has 0 aliphatic carbocycles. The largest absolute Gasteiger partial charge is 0.384 e. The van der Waals surface area contributed by atoms with Gasteiger partial charge in [0.2, 0.25) is 0 Å². The second-order valence-corrected chi connectivity index (χ2v) is 5.87. The predicted molar refractivity (Wildman–Crippen MR) is 87.9 cm³/mol. The van der Waals surface area contributed by atoms with Crippen LogP contribution in [0.3, 0.4) is 0 Å². The number of hydrogen-bond donors (Lipinski definition) is 1. The van der Waals surface area contributed by atoms with Crippen LogP contribution in [0.4, 0.5) is 5.82 Å². The van der Waals surface area contributed by atoms with Crippen LogP contribution in [0, 0.1) is 0 Å². The Labute approximate surface area is 124 Å². The van der Waals surface area contributed by atoms with Gasteiger partial charge in [-0.05, 0) is 19.3 Å². The van der Waals surface area contributed by atoms with Crippen LogP contribution in [0.5, 0.6) is 0 Å². The van der Waals surface area contributed by atoms with Gasteiger partial charge in [-0.2, -0.15) is 5.10 Å². The zero-order valence-electron chi connectivity index (χ0n) is 13.7. The monoisotopic (exact) mass is 279 g/mol. The summed E-state index contributed by atoms with van der Waals surface area (Å²) in [6.45, 7) is 4.43. The molecule has 0 amide bonds. The van der Waals surface area contributed by atoms with Crippen LogP contribution < -0.4 is 5.73 Å². The van der Waals surface area contributed by atoms with E-state index in [9.17, 15) is 0 Å². The van der Waals surface area contributed by atoms with E-state index in [0.717, 1.165) is 18.7 Å². The van der Waals surface area contributed by atoms with Gasteiger partial charge in [-0.25, -0.2) is 0 Å². The van der Waals surface area contributed by atoms with Gasteiger partial charge in [0.1, 0.15) is 5.82 Å². The van der Waals surface area contributed by atoms with Crippen molar-refractivity contribution in [3.05, 3.63) is 11.3 Å². The minimum Gasteiger partial charge on any atom is -0.384 e. The number of rotatable bonds is 11. The number of hydrogen-bond acceptors (Lipinski definition) is 2. The second kappa shape index (κ2) is 9.84. The highest BCUT2D eigenvalue weighted by atomic mass is 15.3. The fraction of sp³-hybridized carbons (Fsp3) is 0.824. The Morgan fingerprint density at radius 3 is 2.00 bits per heavy atom. The summed E-state index contributed by atoms with van der Waals surface area (Å²) in [5.41, 5.74) is 8.50. The van der Waals surface area contributed by atoms with E-state index in [2.05, 4.69) is 18.9 Å². The van der Waals surface area contributed by atoms with E-state index in [4.69, 9.17) is 5.73 Å².